The summed E-state index contributed by atoms with van der Waals surface area (Å²) in [5, 5.41) is 0. The van der Waals surface area contributed by atoms with Crippen LogP contribution in [-0.2, 0) is 6.42 Å². The molecule has 104 valence electrons. The Kier molecular flexibility index (Phi) is 3.32. The molecule has 2 unspecified atom stereocenters. The molecule has 0 saturated heterocycles. The van der Waals surface area contributed by atoms with E-state index in [9.17, 15) is 4.39 Å². The van der Waals surface area contributed by atoms with E-state index < -0.39 is 0 Å². The molecule has 20 heavy (non-hydrogen) atoms. The average Bonchev–Trinajstić information content (AvgIpc) is 2.37. The second-order valence-corrected chi connectivity index (χ2v) is 5.63. The number of nitrogens with two attached hydrogens (primary N) is 1. The van der Waals surface area contributed by atoms with Gasteiger partial charge in [-0.25, -0.2) is 4.39 Å². The summed E-state index contributed by atoms with van der Waals surface area (Å²) in [4.78, 5) is 0. The molecular weight excluding hydrogens is 251 g/mol. The molecule has 0 heterocycles. The molecule has 0 saturated carbocycles. The summed E-state index contributed by atoms with van der Waals surface area (Å²) in [5.74, 6) is 5.80. The summed E-state index contributed by atoms with van der Waals surface area (Å²) in [6.07, 6.45) is 0.942. The molecule has 1 aliphatic carbocycles. The zero-order valence-corrected chi connectivity index (χ0v) is 11.8. The predicted octanol–water partition coefficient (Wildman–Crippen LogP) is 3.29. The van der Waals surface area contributed by atoms with Gasteiger partial charge < -0.3 is 0 Å². The van der Waals surface area contributed by atoms with Crippen LogP contribution in [0, 0.1) is 19.7 Å². The smallest absolute Gasteiger partial charge is 0.128 e. The Balaban J connectivity index is 2.01. The number of fused-ring (bicyclic) bond motifs is 1. The molecule has 3 heteroatoms. The second-order valence-electron chi connectivity index (χ2n) is 5.63. The molecule has 2 aromatic carbocycles. The standard InChI is InChI=1S/C17H19FN2/c1-10-7-11(2)16(15(18)8-10)17(20-19)14-9-12-5-3-4-6-13(12)14/h3-8,14,17,20H,9,19H2,1-2H3. The highest BCUT2D eigenvalue weighted by Gasteiger charge is 2.35. The van der Waals surface area contributed by atoms with E-state index in [0.717, 1.165) is 17.5 Å². The van der Waals surface area contributed by atoms with Gasteiger partial charge in [-0.15, -0.1) is 0 Å². The number of hydrogen-bond acceptors (Lipinski definition) is 2. The Bertz CT molecular complexity index is 628. The van der Waals surface area contributed by atoms with Crippen LogP contribution < -0.4 is 11.3 Å². The molecular formula is C17H19FN2. The van der Waals surface area contributed by atoms with E-state index in [1.54, 1.807) is 6.07 Å². The van der Waals surface area contributed by atoms with Crippen LogP contribution in [0.5, 0.6) is 0 Å². The topological polar surface area (TPSA) is 38.0 Å². The van der Waals surface area contributed by atoms with Gasteiger partial charge in [-0.3, -0.25) is 11.3 Å². The Labute approximate surface area is 118 Å². The van der Waals surface area contributed by atoms with Crippen molar-refractivity contribution in [2.45, 2.75) is 32.2 Å². The van der Waals surface area contributed by atoms with E-state index in [0.29, 0.717) is 5.56 Å². The third-order valence-corrected chi connectivity index (χ3v) is 4.27. The van der Waals surface area contributed by atoms with Crippen molar-refractivity contribution in [1.29, 1.82) is 0 Å². The van der Waals surface area contributed by atoms with Crippen LogP contribution in [0.25, 0.3) is 0 Å². The Morgan fingerprint density at radius 1 is 1.25 bits per heavy atom. The van der Waals surface area contributed by atoms with Crippen molar-refractivity contribution >= 4 is 0 Å². The maximum absolute atomic E-state index is 14.3. The molecule has 0 radical (unpaired) electrons. The number of hydrazine groups is 1. The molecule has 0 amide bonds. The van der Waals surface area contributed by atoms with Crippen LogP contribution in [0.3, 0.4) is 0 Å². The van der Waals surface area contributed by atoms with Crippen LogP contribution in [-0.4, -0.2) is 0 Å². The minimum Gasteiger partial charge on any atom is -0.271 e. The van der Waals surface area contributed by atoms with E-state index >= 15 is 0 Å². The molecule has 0 spiro atoms. The molecule has 2 nitrogen and oxygen atoms in total. The number of benzene rings is 2. The number of nitrogens with one attached hydrogen (secondary N) is 1. The SMILES string of the molecule is Cc1cc(C)c(C(NN)C2Cc3ccccc32)c(F)c1. The van der Waals surface area contributed by atoms with Crippen LogP contribution >= 0.6 is 0 Å². The van der Waals surface area contributed by atoms with E-state index in [-0.39, 0.29) is 17.8 Å². The first kappa shape index (κ1) is 13.3. The van der Waals surface area contributed by atoms with Crippen molar-refractivity contribution in [2.24, 2.45) is 5.84 Å². The van der Waals surface area contributed by atoms with Crippen molar-refractivity contribution in [2.75, 3.05) is 0 Å². The van der Waals surface area contributed by atoms with E-state index in [4.69, 9.17) is 5.84 Å². The molecule has 0 fully saturated rings. The van der Waals surface area contributed by atoms with Gasteiger partial charge in [0.1, 0.15) is 5.82 Å². The molecule has 2 atom stereocenters. The summed E-state index contributed by atoms with van der Waals surface area (Å²) in [6, 6.07) is 11.7. The zero-order chi connectivity index (χ0) is 14.3. The first-order valence-corrected chi connectivity index (χ1v) is 6.92. The highest BCUT2D eigenvalue weighted by atomic mass is 19.1. The van der Waals surface area contributed by atoms with Gasteiger partial charge in [-0.05, 0) is 48.6 Å². The zero-order valence-electron chi connectivity index (χ0n) is 11.8. The van der Waals surface area contributed by atoms with Crippen molar-refractivity contribution in [3.05, 3.63) is 70.0 Å². The Morgan fingerprint density at radius 2 is 2.00 bits per heavy atom. The Hall–Kier alpha value is -1.71. The lowest BCUT2D eigenvalue weighted by Gasteiger charge is -2.37. The largest absolute Gasteiger partial charge is 0.271 e. The normalized spacial score (nSPS) is 18.3. The quantitative estimate of drug-likeness (QED) is 0.663. The predicted molar refractivity (Wildman–Crippen MR) is 78.8 cm³/mol. The van der Waals surface area contributed by atoms with Crippen molar-refractivity contribution in [3.8, 4) is 0 Å². The van der Waals surface area contributed by atoms with Gasteiger partial charge in [0.2, 0.25) is 0 Å². The first-order valence-electron chi connectivity index (χ1n) is 6.92. The van der Waals surface area contributed by atoms with E-state index in [2.05, 4.69) is 17.6 Å². The minimum atomic E-state index is -0.175. The molecule has 0 aliphatic heterocycles. The fraction of sp³-hybridized carbons (Fsp3) is 0.294. The maximum atomic E-state index is 14.3. The van der Waals surface area contributed by atoms with Crippen molar-refractivity contribution in [1.82, 2.24) is 5.43 Å². The fourth-order valence-corrected chi connectivity index (χ4v) is 3.32. The first-order chi connectivity index (χ1) is 9.61. The monoisotopic (exact) mass is 270 g/mol. The summed E-state index contributed by atoms with van der Waals surface area (Å²) < 4.78 is 14.3. The van der Waals surface area contributed by atoms with Crippen molar-refractivity contribution < 1.29 is 4.39 Å². The molecule has 0 aromatic heterocycles. The van der Waals surface area contributed by atoms with Gasteiger partial charge >= 0.3 is 0 Å². The number of halogens is 1. The van der Waals surface area contributed by atoms with Crippen LogP contribution in [0.2, 0.25) is 0 Å². The van der Waals surface area contributed by atoms with Crippen molar-refractivity contribution in [3.63, 3.8) is 0 Å². The van der Waals surface area contributed by atoms with Gasteiger partial charge in [0.25, 0.3) is 0 Å². The van der Waals surface area contributed by atoms with Gasteiger partial charge in [-0.1, -0.05) is 30.3 Å². The summed E-state index contributed by atoms with van der Waals surface area (Å²) in [7, 11) is 0. The highest BCUT2D eigenvalue weighted by molar-refractivity contribution is 5.45. The maximum Gasteiger partial charge on any atom is 0.128 e. The summed E-state index contributed by atoms with van der Waals surface area (Å²) in [6.45, 7) is 3.85. The van der Waals surface area contributed by atoms with Crippen LogP contribution in [0.4, 0.5) is 4.39 Å². The fourth-order valence-electron chi connectivity index (χ4n) is 3.32. The second kappa shape index (κ2) is 5.00. The molecule has 3 rings (SSSR count). The highest BCUT2D eigenvalue weighted by Crippen LogP contribution is 2.44. The molecule has 3 N–H and O–H groups in total. The third kappa shape index (κ3) is 2.03. The average molecular weight is 270 g/mol. The van der Waals surface area contributed by atoms with Crippen LogP contribution in [0.15, 0.2) is 36.4 Å². The summed E-state index contributed by atoms with van der Waals surface area (Å²) in [5.41, 5.74) is 8.02. The van der Waals surface area contributed by atoms with Gasteiger partial charge in [0.05, 0.1) is 6.04 Å². The van der Waals surface area contributed by atoms with E-state index in [1.807, 2.05) is 32.0 Å². The number of hydrogen-bond donors (Lipinski definition) is 2. The minimum absolute atomic E-state index is 0.171. The molecule has 1 aliphatic rings. The lowest BCUT2D eigenvalue weighted by atomic mass is 9.71. The number of rotatable bonds is 3. The van der Waals surface area contributed by atoms with Crippen LogP contribution in [0.1, 0.15) is 39.8 Å². The Morgan fingerprint density at radius 3 is 2.65 bits per heavy atom. The molecule has 2 aromatic rings. The third-order valence-electron chi connectivity index (χ3n) is 4.27. The lowest BCUT2D eigenvalue weighted by molar-refractivity contribution is 0.402. The molecule has 0 bridgehead atoms. The van der Waals surface area contributed by atoms with Gasteiger partial charge in [-0.2, -0.15) is 0 Å². The van der Waals surface area contributed by atoms with Gasteiger partial charge in [0, 0.05) is 11.5 Å². The van der Waals surface area contributed by atoms with E-state index in [1.165, 1.54) is 11.1 Å². The lowest BCUT2D eigenvalue weighted by Crippen LogP contribution is -2.38. The number of aryl methyl sites for hydroxylation is 2. The van der Waals surface area contributed by atoms with Gasteiger partial charge in [0.15, 0.2) is 0 Å². The summed E-state index contributed by atoms with van der Waals surface area (Å²) >= 11 is 0.